The molecule has 0 spiro atoms. The summed E-state index contributed by atoms with van der Waals surface area (Å²) >= 11 is 6.67. The zero-order valence-electron chi connectivity index (χ0n) is 18.0. The van der Waals surface area contributed by atoms with Crippen molar-refractivity contribution >= 4 is 35.7 Å². The second kappa shape index (κ2) is 7.33. The van der Waals surface area contributed by atoms with Gasteiger partial charge in [-0.05, 0) is 36.6 Å². The molecule has 0 aromatic heterocycles. The van der Waals surface area contributed by atoms with Crippen LogP contribution in [0.15, 0.2) is 70.7 Å². The number of likely N-dealkylation sites (N-methyl/N-ethyl adjacent to an activating group) is 1. The van der Waals surface area contributed by atoms with Crippen LogP contribution in [0.25, 0.3) is 0 Å². The van der Waals surface area contributed by atoms with E-state index in [2.05, 4.69) is 96.1 Å². The third-order valence-electron chi connectivity index (χ3n) is 6.67. The van der Waals surface area contributed by atoms with Gasteiger partial charge in [0.15, 0.2) is 6.34 Å². The summed E-state index contributed by atoms with van der Waals surface area (Å²) in [5, 5.41) is 6.19. The minimum Gasteiger partial charge on any atom is -0.346 e. The maximum Gasteiger partial charge on any atom is 0.154 e. The molecule has 4 nitrogen and oxygen atoms in total. The molecule has 0 amide bonds. The number of hydrogen-bond donors (Lipinski definition) is 0. The maximum atomic E-state index is 6.67. The van der Waals surface area contributed by atoms with Gasteiger partial charge in [-0.2, -0.15) is 5.10 Å². The van der Waals surface area contributed by atoms with Crippen LogP contribution in [0.4, 0.5) is 11.4 Å². The number of hydrogen-bond acceptors (Lipinski definition) is 3. The number of anilines is 2. The first-order valence-corrected chi connectivity index (χ1v) is 13.5. The molecular weight excluding hydrogens is 407 g/mol. The van der Waals surface area contributed by atoms with E-state index in [-0.39, 0.29) is 5.41 Å². The largest absolute Gasteiger partial charge is 0.346 e. The van der Waals surface area contributed by atoms with E-state index in [9.17, 15) is 0 Å². The average Bonchev–Trinajstić information content (AvgIpc) is 3.21. The molecule has 1 saturated heterocycles. The molecule has 0 aliphatic carbocycles. The molecule has 1 fully saturated rings. The fraction of sp³-hybridized carbons (Fsp3) is 0.375. The second-order valence-electron chi connectivity index (χ2n) is 8.86. The number of benzene rings is 2. The Hall–Kier alpha value is -1.94. The van der Waals surface area contributed by atoms with Crippen LogP contribution in [-0.4, -0.2) is 31.0 Å². The van der Waals surface area contributed by atoms with Gasteiger partial charge < -0.3 is 4.90 Å². The molecule has 3 heterocycles. The van der Waals surface area contributed by atoms with Gasteiger partial charge in [-0.25, -0.2) is 4.78 Å². The lowest BCUT2D eigenvalue weighted by molar-refractivity contribution is 0.369. The molecule has 2 aromatic rings. The summed E-state index contributed by atoms with van der Waals surface area (Å²) in [5.74, 6) is 0. The summed E-state index contributed by atoms with van der Waals surface area (Å²) in [4.78, 5) is 2.36. The summed E-state index contributed by atoms with van der Waals surface area (Å²) in [6.07, 6.45) is 3.52. The van der Waals surface area contributed by atoms with Gasteiger partial charge >= 0.3 is 0 Å². The first-order chi connectivity index (χ1) is 14.5. The van der Waals surface area contributed by atoms with Crippen LogP contribution in [0.2, 0.25) is 0 Å². The van der Waals surface area contributed by atoms with E-state index in [0.29, 0.717) is 0 Å². The predicted molar refractivity (Wildman–Crippen MR) is 132 cm³/mol. The highest BCUT2D eigenvalue weighted by molar-refractivity contribution is 8.16. The van der Waals surface area contributed by atoms with Crippen molar-refractivity contribution in [3.05, 3.63) is 71.2 Å². The molecular formula is C24H29N4PS. The van der Waals surface area contributed by atoms with Gasteiger partial charge in [-0.3, -0.25) is 4.67 Å². The SMILES string of the molecule is CN1C(=C2C=NN(c3ccccc3)P2(=S)N2CCCCC2)C(C)(C)c2ccccc21. The van der Waals surface area contributed by atoms with Crippen LogP contribution in [0.5, 0.6) is 0 Å². The Kier molecular flexibility index (Phi) is 4.89. The van der Waals surface area contributed by atoms with Crippen molar-refractivity contribution in [2.75, 3.05) is 29.8 Å². The smallest absolute Gasteiger partial charge is 0.154 e. The number of nitrogens with zero attached hydrogens (tertiary/aromatic N) is 4. The first-order valence-electron chi connectivity index (χ1n) is 10.8. The topological polar surface area (TPSA) is 22.1 Å². The fourth-order valence-electron chi connectivity index (χ4n) is 5.21. The number of rotatable bonds is 2. The lowest BCUT2D eigenvalue weighted by atomic mass is 9.84. The number of allylic oxidation sites excluding steroid dienone is 2. The molecule has 1 atom stereocenters. The highest BCUT2D eigenvalue weighted by Crippen LogP contribution is 2.67. The predicted octanol–water partition coefficient (Wildman–Crippen LogP) is 5.93. The van der Waals surface area contributed by atoms with Crippen molar-refractivity contribution < 1.29 is 0 Å². The lowest BCUT2D eigenvalue weighted by Gasteiger charge is -2.42. The van der Waals surface area contributed by atoms with E-state index in [0.717, 1.165) is 18.8 Å². The van der Waals surface area contributed by atoms with Gasteiger partial charge in [0.2, 0.25) is 0 Å². The third-order valence-corrected chi connectivity index (χ3v) is 11.4. The normalized spacial score (nSPS) is 28.2. The Balaban J connectivity index is 1.72. The van der Waals surface area contributed by atoms with Crippen molar-refractivity contribution in [3.8, 4) is 0 Å². The minimum atomic E-state index is -2.27. The Bertz CT molecular complexity index is 1070. The molecule has 3 aliphatic rings. The van der Waals surface area contributed by atoms with Crippen molar-refractivity contribution in [2.45, 2.75) is 38.5 Å². The van der Waals surface area contributed by atoms with Crippen LogP contribution in [0.1, 0.15) is 38.7 Å². The molecule has 0 N–H and O–H groups in total. The molecule has 30 heavy (non-hydrogen) atoms. The molecule has 1 unspecified atom stereocenters. The number of piperidine rings is 1. The fourth-order valence-corrected chi connectivity index (χ4v) is 9.63. The van der Waals surface area contributed by atoms with Crippen LogP contribution in [-0.2, 0) is 17.2 Å². The Labute approximate surface area is 185 Å². The Morgan fingerprint density at radius 1 is 0.933 bits per heavy atom. The lowest BCUT2D eigenvalue weighted by Crippen LogP contribution is -2.34. The van der Waals surface area contributed by atoms with E-state index in [4.69, 9.17) is 16.9 Å². The molecule has 5 rings (SSSR count). The van der Waals surface area contributed by atoms with Gasteiger partial charge in [0, 0.05) is 36.9 Å². The van der Waals surface area contributed by atoms with Gasteiger partial charge in [0.1, 0.15) is 0 Å². The molecule has 2 aromatic carbocycles. The summed E-state index contributed by atoms with van der Waals surface area (Å²) in [5.41, 5.74) is 4.92. The zero-order chi connectivity index (χ0) is 20.9. The second-order valence-corrected chi connectivity index (χ2v) is 12.9. The number of hydrazone groups is 1. The van der Waals surface area contributed by atoms with Crippen molar-refractivity contribution in [1.82, 2.24) is 4.67 Å². The van der Waals surface area contributed by atoms with E-state index >= 15 is 0 Å². The minimum absolute atomic E-state index is 0.112. The standard InChI is InChI=1S/C24H29N4PS/c1-24(2)20-14-8-9-15-21(20)26(3)23(24)22-18-25-28(19-12-6-4-7-13-19)29(22,30)27-16-10-5-11-17-27/h4,6-9,12-15,18H,5,10-11,16-17H2,1-3H3. The van der Waals surface area contributed by atoms with Gasteiger partial charge in [-0.1, -0.05) is 68.5 Å². The van der Waals surface area contributed by atoms with Crippen molar-refractivity contribution in [2.24, 2.45) is 5.10 Å². The van der Waals surface area contributed by atoms with Crippen LogP contribution < -0.4 is 9.68 Å². The first kappa shape index (κ1) is 20.0. The van der Waals surface area contributed by atoms with E-state index in [1.165, 1.54) is 41.5 Å². The molecule has 6 heteroatoms. The monoisotopic (exact) mass is 436 g/mol. The summed E-state index contributed by atoms with van der Waals surface area (Å²) < 4.78 is 4.74. The van der Waals surface area contributed by atoms with E-state index in [1.807, 2.05) is 0 Å². The molecule has 156 valence electrons. The van der Waals surface area contributed by atoms with Gasteiger partial charge in [0.25, 0.3) is 0 Å². The number of para-hydroxylation sites is 2. The highest BCUT2D eigenvalue weighted by Gasteiger charge is 2.48. The van der Waals surface area contributed by atoms with Crippen molar-refractivity contribution in [1.29, 1.82) is 0 Å². The molecule has 0 saturated carbocycles. The Morgan fingerprint density at radius 3 is 2.30 bits per heavy atom. The quantitative estimate of drug-likeness (QED) is 0.544. The molecule has 0 bridgehead atoms. The average molecular weight is 437 g/mol. The summed E-state index contributed by atoms with van der Waals surface area (Å²) in [6, 6.07) is 19.2. The van der Waals surface area contributed by atoms with Crippen molar-refractivity contribution in [3.63, 3.8) is 0 Å². The van der Waals surface area contributed by atoms with E-state index in [1.54, 1.807) is 0 Å². The summed E-state index contributed by atoms with van der Waals surface area (Å²) in [6.45, 7) is 6.76. The third kappa shape index (κ3) is 2.83. The van der Waals surface area contributed by atoms with Gasteiger partial charge in [0.05, 0.1) is 17.2 Å². The maximum absolute atomic E-state index is 6.67. The van der Waals surface area contributed by atoms with Crippen LogP contribution in [0.3, 0.4) is 0 Å². The van der Waals surface area contributed by atoms with E-state index < -0.39 is 6.34 Å². The molecule has 3 aliphatic heterocycles. The molecule has 0 radical (unpaired) electrons. The number of fused-ring (bicyclic) bond motifs is 1. The van der Waals surface area contributed by atoms with Crippen LogP contribution in [0, 0.1) is 0 Å². The summed E-state index contributed by atoms with van der Waals surface area (Å²) in [7, 11) is 2.19. The van der Waals surface area contributed by atoms with Gasteiger partial charge in [-0.15, -0.1) is 0 Å². The Morgan fingerprint density at radius 2 is 1.60 bits per heavy atom. The highest BCUT2D eigenvalue weighted by atomic mass is 32.4. The zero-order valence-corrected chi connectivity index (χ0v) is 19.7. The van der Waals surface area contributed by atoms with Crippen LogP contribution >= 0.6 is 6.34 Å².